The summed E-state index contributed by atoms with van der Waals surface area (Å²) < 4.78 is 36.0. The normalized spacial score (nSPS) is 16.3. The molecule has 2 nitrogen and oxygen atoms in total. The number of alkyl halides is 3. The number of rotatable bonds is 8. The molecule has 0 aliphatic rings. The summed E-state index contributed by atoms with van der Waals surface area (Å²) >= 11 is 0. The molecule has 18 heavy (non-hydrogen) atoms. The van der Waals surface area contributed by atoms with Crippen LogP contribution in [-0.4, -0.2) is 43.8 Å². The van der Waals surface area contributed by atoms with E-state index in [9.17, 15) is 13.2 Å². The molecule has 0 saturated heterocycles. The fourth-order valence-corrected chi connectivity index (χ4v) is 2.05. The Kier molecular flexibility index (Phi) is 7.87. The highest BCUT2D eigenvalue weighted by atomic mass is 19.4. The minimum atomic E-state index is -4.02. The molecule has 0 amide bonds. The van der Waals surface area contributed by atoms with Gasteiger partial charge in [-0.05, 0) is 39.8 Å². The lowest BCUT2D eigenvalue weighted by Gasteiger charge is -2.29. The fraction of sp³-hybridized carbons (Fsp3) is 1.00. The monoisotopic (exact) mass is 268 g/mol. The molecule has 0 bridgehead atoms. The summed E-state index contributed by atoms with van der Waals surface area (Å²) in [5.41, 5.74) is 0. The third kappa shape index (κ3) is 8.75. The van der Waals surface area contributed by atoms with Gasteiger partial charge in [-0.2, -0.15) is 13.2 Å². The third-order valence-electron chi connectivity index (χ3n) is 3.21. The Bertz CT molecular complexity index is 207. The zero-order valence-corrected chi connectivity index (χ0v) is 12.1. The maximum absolute atomic E-state index is 12.0. The molecule has 1 N–H and O–H groups in total. The highest BCUT2D eigenvalue weighted by Crippen LogP contribution is 2.22. The van der Waals surface area contributed by atoms with Crippen LogP contribution in [0.3, 0.4) is 0 Å². The lowest BCUT2D eigenvalue weighted by molar-refractivity contribution is -0.135. The molecule has 0 heterocycles. The quantitative estimate of drug-likeness (QED) is 0.726. The number of hydrogen-bond donors (Lipinski definition) is 1. The molecule has 0 aliphatic heterocycles. The molecule has 0 saturated carbocycles. The Morgan fingerprint density at radius 3 is 2.06 bits per heavy atom. The Hall–Kier alpha value is -0.290. The van der Waals surface area contributed by atoms with Crippen molar-refractivity contribution in [3.63, 3.8) is 0 Å². The predicted molar refractivity (Wildman–Crippen MR) is 69.7 cm³/mol. The Morgan fingerprint density at radius 2 is 1.67 bits per heavy atom. The van der Waals surface area contributed by atoms with Crippen molar-refractivity contribution in [1.82, 2.24) is 10.2 Å². The van der Waals surface area contributed by atoms with Crippen LogP contribution in [0, 0.1) is 5.92 Å². The summed E-state index contributed by atoms with van der Waals surface area (Å²) in [4.78, 5) is 2.15. The van der Waals surface area contributed by atoms with Gasteiger partial charge in [0.1, 0.15) is 0 Å². The van der Waals surface area contributed by atoms with Gasteiger partial charge in [-0.15, -0.1) is 0 Å². The first kappa shape index (κ1) is 17.7. The summed E-state index contributed by atoms with van der Waals surface area (Å²) in [6.45, 7) is 7.07. The number of nitrogens with one attached hydrogen (secondary N) is 1. The van der Waals surface area contributed by atoms with E-state index in [1.54, 1.807) is 0 Å². The van der Waals surface area contributed by atoms with Crippen molar-refractivity contribution in [2.75, 3.05) is 20.6 Å². The number of halogens is 3. The van der Waals surface area contributed by atoms with Crippen molar-refractivity contribution in [2.24, 2.45) is 5.92 Å². The van der Waals surface area contributed by atoms with Gasteiger partial charge in [0, 0.05) is 25.0 Å². The average Bonchev–Trinajstić information content (AvgIpc) is 2.14. The lowest BCUT2D eigenvalue weighted by atomic mass is 10.0. The molecule has 0 aromatic carbocycles. The van der Waals surface area contributed by atoms with Gasteiger partial charge in [-0.25, -0.2) is 0 Å². The average molecular weight is 268 g/mol. The molecule has 0 aromatic heterocycles. The highest BCUT2D eigenvalue weighted by Gasteiger charge is 2.26. The summed E-state index contributed by atoms with van der Waals surface area (Å²) in [6.07, 6.45) is -3.94. The number of nitrogens with zero attached hydrogens (tertiary/aromatic N) is 1. The second-order valence-electron chi connectivity index (χ2n) is 5.59. The second-order valence-corrected chi connectivity index (χ2v) is 5.59. The van der Waals surface area contributed by atoms with Gasteiger partial charge < -0.3 is 10.2 Å². The zero-order valence-electron chi connectivity index (χ0n) is 12.1. The Labute approximate surface area is 109 Å². The van der Waals surface area contributed by atoms with Crippen LogP contribution in [0.5, 0.6) is 0 Å². The predicted octanol–water partition coefficient (Wildman–Crippen LogP) is 3.28. The van der Waals surface area contributed by atoms with Crippen molar-refractivity contribution in [3.05, 3.63) is 0 Å². The summed E-state index contributed by atoms with van der Waals surface area (Å²) in [5.74, 6) is 0.523. The number of likely N-dealkylation sites (N-methyl/N-ethyl adjacent to an activating group) is 1. The van der Waals surface area contributed by atoms with E-state index in [0.717, 1.165) is 6.54 Å². The third-order valence-corrected chi connectivity index (χ3v) is 3.21. The van der Waals surface area contributed by atoms with Crippen molar-refractivity contribution in [1.29, 1.82) is 0 Å². The van der Waals surface area contributed by atoms with E-state index in [1.165, 1.54) is 0 Å². The molecule has 0 rings (SSSR count). The van der Waals surface area contributed by atoms with Crippen LogP contribution in [0.25, 0.3) is 0 Å². The largest absolute Gasteiger partial charge is 0.389 e. The molecule has 0 radical (unpaired) electrons. The standard InChI is InChI=1S/C13H27F3N2/c1-10(2)12(18(4)5)9-17-11(3)7-6-8-13(14,15)16/h10-12,17H,6-9H2,1-5H3. The highest BCUT2D eigenvalue weighted by molar-refractivity contribution is 4.75. The Morgan fingerprint density at radius 1 is 1.11 bits per heavy atom. The van der Waals surface area contributed by atoms with Gasteiger partial charge in [0.2, 0.25) is 0 Å². The first-order valence-corrected chi connectivity index (χ1v) is 6.60. The summed E-state index contributed by atoms with van der Waals surface area (Å²) in [6, 6.07) is 0.545. The first-order valence-electron chi connectivity index (χ1n) is 6.60. The summed E-state index contributed by atoms with van der Waals surface area (Å²) in [7, 11) is 4.06. The van der Waals surface area contributed by atoms with E-state index in [-0.39, 0.29) is 12.5 Å². The van der Waals surface area contributed by atoms with Crippen molar-refractivity contribution in [3.8, 4) is 0 Å². The van der Waals surface area contributed by atoms with Crippen molar-refractivity contribution >= 4 is 0 Å². The SMILES string of the molecule is CC(CCCC(F)(F)F)NCC(C(C)C)N(C)C. The van der Waals surface area contributed by atoms with Crippen LogP contribution in [0.4, 0.5) is 13.2 Å². The molecule has 2 unspecified atom stereocenters. The van der Waals surface area contributed by atoms with Crippen LogP contribution in [0.1, 0.15) is 40.0 Å². The molecule has 5 heteroatoms. The van der Waals surface area contributed by atoms with E-state index in [1.807, 2.05) is 21.0 Å². The van der Waals surface area contributed by atoms with Gasteiger partial charge in [0.25, 0.3) is 0 Å². The zero-order chi connectivity index (χ0) is 14.3. The lowest BCUT2D eigenvalue weighted by Crippen LogP contribution is -2.44. The molecular weight excluding hydrogens is 241 g/mol. The molecule has 0 aromatic rings. The van der Waals surface area contributed by atoms with E-state index < -0.39 is 12.6 Å². The van der Waals surface area contributed by atoms with Crippen LogP contribution in [0.15, 0.2) is 0 Å². The molecule has 110 valence electrons. The van der Waals surface area contributed by atoms with Crippen LogP contribution >= 0.6 is 0 Å². The van der Waals surface area contributed by atoms with Gasteiger partial charge in [0.15, 0.2) is 0 Å². The minimum Gasteiger partial charge on any atom is -0.313 e. The second kappa shape index (κ2) is 8.00. The van der Waals surface area contributed by atoms with Gasteiger partial charge in [-0.1, -0.05) is 13.8 Å². The maximum atomic E-state index is 12.0. The van der Waals surface area contributed by atoms with Crippen molar-refractivity contribution in [2.45, 2.75) is 58.3 Å². The topological polar surface area (TPSA) is 15.3 Å². The van der Waals surface area contributed by atoms with E-state index in [4.69, 9.17) is 0 Å². The van der Waals surface area contributed by atoms with E-state index in [0.29, 0.717) is 18.4 Å². The van der Waals surface area contributed by atoms with Crippen molar-refractivity contribution < 1.29 is 13.2 Å². The molecule has 0 aliphatic carbocycles. The number of hydrogen-bond acceptors (Lipinski definition) is 2. The minimum absolute atomic E-state index is 0.133. The Balaban J connectivity index is 3.84. The van der Waals surface area contributed by atoms with E-state index >= 15 is 0 Å². The smallest absolute Gasteiger partial charge is 0.313 e. The van der Waals surface area contributed by atoms with Crippen LogP contribution in [0.2, 0.25) is 0 Å². The molecule has 0 spiro atoms. The fourth-order valence-electron chi connectivity index (χ4n) is 2.05. The van der Waals surface area contributed by atoms with Gasteiger partial charge in [0.05, 0.1) is 0 Å². The van der Waals surface area contributed by atoms with Gasteiger partial charge in [-0.3, -0.25) is 0 Å². The van der Waals surface area contributed by atoms with Crippen LogP contribution in [-0.2, 0) is 0 Å². The molecular formula is C13H27F3N2. The van der Waals surface area contributed by atoms with E-state index in [2.05, 4.69) is 24.1 Å². The molecule has 0 fully saturated rings. The van der Waals surface area contributed by atoms with Gasteiger partial charge >= 0.3 is 6.18 Å². The molecule has 2 atom stereocenters. The summed E-state index contributed by atoms with van der Waals surface area (Å²) in [5, 5.41) is 3.32. The maximum Gasteiger partial charge on any atom is 0.389 e. The van der Waals surface area contributed by atoms with Crippen LogP contribution < -0.4 is 5.32 Å². The first-order chi connectivity index (χ1) is 8.13.